The van der Waals surface area contributed by atoms with E-state index in [9.17, 15) is 14.7 Å². The van der Waals surface area contributed by atoms with E-state index in [0.717, 1.165) is 77.0 Å². The van der Waals surface area contributed by atoms with Crippen LogP contribution in [0.5, 0.6) is 0 Å². The standard InChI is InChI=1S/C36H71NO4/c1-5-9-13-17-21-25-29-35(33(37)38,30-26-22-18-14-10-6-2)41-36(34(39)40,31-27-23-19-15-11-7-3)32-28-24-20-16-12-8-4/h5-32H2,1-4H3,(H2,37,38)(H,39,40). The van der Waals surface area contributed by atoms with Crippen molar-refractivity contribution in [1.82, 2.24) is 0 Å². The number of hydrogen-bond donors (Lipinski definition) is 2. The monoisotopic (exact) mass is 582 g/mol. The van der Waals surface area contributed by atoms with Gasteiger partial charge in [-0.25, -0.2) is 4.79 Å². The van der Waals surface area contributed by atoms with Crippen LogP contribution in [0.2, 0.25) is 0 Å². The second-order valence-corrected chi connectivity index (χ2v) is 12.8. The quantitative estimate of drug-likeness (QED) is 0.0773. The number of rotatable bonds is 32. The highest BCUT2D eigenvalue weighted by Gasteiger charge is 2.49. The van der Waals surface area contributed by atoms with E-state index in [1.54, 1.807) is 0 Å². The molecule has 0 heterocycles. The molecular formula is C36H71NO4. The van der Waals surface area contributed by atoms with Gasteiger partial charge in [-0.1, -0.05) is 169 Å². The summed E-state index contributed by atoms with van der Waals surface area (Å²) in [4.78, 5) is 26.3. The zero-order valence-corrected chi connectivity index (χ0v) is 28.0. The van der Waals surface area contributed by atoms with Gasteiger partial charge >= 0.3 is 5.97 Å². The lowest BCUT2D eigenvalue weighted by Crippen LogP contribution is -2.56. The number of ether oxygens (including phenoxy) is 1. The molecule has 5 heteroatoms. The fourth-order valence-corrected chi connectivity index (χ4v) is 6.15. The molecule has 0 saturated carbocycles. The third-order valence-electron chi connectivity index (χ3n) is 8.97. The highest BCUT2D eigenvalue weighted by Crippen LogP contribution is 2.38. The van der Waals surface area contributed by atoms with Crippen molar-refractivity contribution in [3.8, 4) is 0 Å². The fourth-order valence-electron chi connectivity index (χ4n) is 6.15. The Balaban J connectivity index is 5.81. The van der Waals surface area contributed by atoms with Gasteiger partial charge in [-0.15, -0.1) is 0 Å². The molecule has 0 aliphatic carbocycles. The maximum atomic E-state index is 13.3. The van der Waals surface area contributed by atoms with Gasteiger partial charge in [0, 0.05) is 0 Å². The second kappa shape index (κ2) is 26.5. The molecule has 0 aromatic carbocycles. The van der Waals surface area contributed by atoms with E-state index in [1.807, 2.05) is 0 Å². The molecule has 0 bridgehead atoms. The summed E-state index contributed by atoms with van der Waals surface area (Å²) in [6.45, 7) is 8.85. The Bertz CT molecular complexity index is 537. The molecule has 5 nitrogen and oxygen atoms in total. The summed E-state index contributed by atoms with van der Waals surface area (Å²) in [5, 5.41) is 10.7. The van der Waals surface area contributed by atoms with Gasteiger partial charge in [0.1, 0.15) is 5.60 Å². The molecule has 0 aliphatic heterocycles. The fraction of sp³-hybridized carbons (Fsp3) is 0.944. The zero-order chi connectivity index (χ0) is 30.7. The van der Waals surface area contributed by atoms with E-state index in [-0.39, 0.29) is 0 Å². The van der Waals surface area contributed by atoms with Crippen LogP contribution in [0.4, 0.5) is 0 Å². The van der Waals surface area contributed by atoms with Crippen LogP contribution in [0, 0.1) is 0 Å². The summed E-state index contributed by atoms with van der Waals surface area (Å²) in [5.41, 5.74) is 3.63. The second-order valence-electron chi connectivity index (χ2n) is 12.8. The van der Waals surface area contributed by atoms with Crippen LogP contribution in [-0.2, 0) is 14.3 Å². The molecule has 0 rings (SSSR count). The van der Waals surface area contributed by atoms with Gasteiger partial charge in [-0.3, -0.25) is 4.79 Å². The Morgan fingerprint density at radius 3 is 0.951 bits per heavy atom. The molecule has 0 unspecified atom stereocenters. The third-order valence-corrected chi connectivity index (χ3v) is 8.97. The van der Waals surface area contributed by atoms with E-state index < -0.39 is 23.1 Å². The molecule has 0 aliphatic rings. The average Bonchev–Trinajstić information content (AvgIpc) is 2.95. The largest absolute Gasteiger partial charge is 0.479 e. The van der Waals surface area contributed by atoms with Crippen molar-refractivity contribution in [3.05, 3.63) is 0 Å². The number of primary amides is 1. The lowest BCUT2D eigenvalue weighted by Gasteiger charge is -2.41. The molecule has 1 amide bonds. The first-order valence-corrected chi connectivity index (χ1v) is 18.1. The maximum absolute atomic E-state index is 13.3. The van der Waals surface area contributed by atoms with E-state index in [4.69, 9.17) is 10.5 Å². The van der Waals surface area contributed by atoms with Crippen LogP contribution in [0.3, 0.4) is 0 Å². The van der Waals surface area contributed by atoms with Gasteiger partial charge in [0.2, 0.25) is 5.91 Å². The van der Waals surface area contributed by atoms with Crippen LogP contribution >= 0.6 is 0 Å². The Morgan fingerprint density at radius 2 is 0.707 bits per heavy atom. The minimum absolute atomic E-state index is 0.462. The molecule has 3 N–H and O–H groups in total. The summed E-state index contributed by atoms with van der Waals surface area (Å²) in [6, 6.07) is 0. The predicted molar refractivity (Wildman–Crippen MR) is 175 cm³/mol. The number of aliphatic carboxylic acids is 1. The SMILES string of the molecule is CCCCCCCCC(CCCCCCCC)(OC(CCCCCCCC)(CCCCCCCC)C(=O)O)C(N)=O. The van der Waals surface area contributed by atoms with Gasteiger partial charge < -0.3 is 15.6 Å². The van der Waals surface area contributed by atoms with Gasteiger partial charge in [0.25, 0.3) is 0 Å². The Morgan fingerprint density at radius 1 is 0.463 bits per heavy atom. The molecule has 0 radical (unpaired) electrons. The number of carbonyl (C=O) groups excluding carboxylic acids is 1. The topological polar surface area (TPSA) is 89.6 Å². The maximum Gasteiger partial charge on any atom is 0.336 e. The minimum Gasteiger partial charge on any atom is -0.479 e. The van der Waals surface area contributed by atoms with Crippen LogP contribution in [0.15, 0.2) is 0 Å². The molecule has 0 spiro atoms. The molecule has 41 heavy (non-hydrogen) atoms. The molecular weight excluding hydrogens is 510 g/mol. The van der Waals surface area contributed by atoms with Crippen LogP contribution in [0.25, 0.3) is 0 Å². The Labute approximate surface area is 255 Å². The normalized spacial score (nSPS) is 12.2. The first-order chi connectivity index (χ1) is 19.8. The van der Waals surface area contributed by atoms with Crippen molar-refractivity contribution in [2.75, 3.05) is 0 Å². The van der Waals surface area contributed by atoms with Crippen molar-refractivity contribution in [2.45, 2.75) is 219 Å². The van der Waals surface area contributed by atoms with Gasteiger partial charge in [-0.05, 0) is 38.5 Å². The number of amides is 1. The number of hydrogen-bond acceptors (Lipinski definition) is 3. The molecule has 0 saturated heterocycles. The van der Waals surface area contributed by atoms with E-state index in [1.165, 1.54) is 77.0 Å². The molecule has 0 aromatic rings. The van der Waals surface area contributed by atoms with Gasteiger partial charge in [0.05, 0.1) is 0 Å². The molecule has 0 atom stereocenters. The highest BCUT2D eigenvalue weighted by atomic mass is 16.6. The molecule has 244 valence electrons. The number of unbranched alkanes of at least 4 members (excludes halogenated alkanes) is 20. The number of carboxylic acid groups (broad SMARTS) is 1. The van der Waals surface area contributed by atoms with E-state index >= 15 is 0 Å². The molecule has 0 aromatic heterocycles. The number of carboxylic acids is 1. The summed E-state index contributed by atoms with van der Waals surface area (Å²) < 4.78 is 6.79. The first kappa shape index (κ1) is 39.9. The summed E-state index contributed by atoms with van der Waals surface area (Å²) in [5.74, 6) is -1.37. The van der Waals surface area contributed by atoms with Crippen molar-refractivity contribution in [1.29, 1.82) is 0 Å². The van der Waals surface area contributed by atoms with Crippen molar-refractivity contribution in [2.24, 2.45) is 5.73 Å². The summed E-state index contributed by atoms with van der Waals surface area (Å²) in [7, 11) is 0. The zero-order valence-electron chi connectivity index (χ0n) is 28.0. The number of carbonyl (C=O) groups is 2. The predicted octanol–water partition coefficient (Wildman–Crippen LogP) is 11.1. The van der Waals surface area contributed by atoms with Crippen molar-refractivity contribution < 1.29 is 19.4 Å². The van der Waals surface area contributed by atoms with Crippen LogP contribution in [0.1, 0.15) is 207 Å². The van der Waals surface area contributed by atoms with E-state index in [2.05, 4.69) is 27.7 Å². The van der Waals surface area contributed by atoms with Crippen molar-refractivity contribution in [3.63, 3.8) is 0 Å². The highest BCUT2D eigenvalue weighted by molar-refractivity contribution is 5.85. The Kier molecular flexibility index (Phi) is 25.8. The van der Waals surface area contributed by atoms with Crippen molar-refractivity contribution >= 4 is 11.9 Å². The smallest absolute Gasteiger partial charge is 0.336 e. The first-order valence-electron chi connectivity index (χ1n) is 18.1. The van der Waals surface area contributed by atoms with Crippen LogP contribution < -0.4 is 5.73 Å². The van der Waals surface area contributed by atoms with E-state index in [0.29, 0.717) is 25.7 Å². The summed E-state index contributed by atoms with van der Waals surface area (Å²) in [6.07, 6.45) is 28.4. The average molecular weight is 582 g/mol. The number of nitrogens with two attached hydrogens (primary N) is 1. The van der Waals surface area contributed by atoms with Gasteiger partial charge in [-0.2, -0.15) is 0 Å². The minimum atomic E-state index is -1.34. The van der Waals surface area contributed by atoms with Gasteiger partial charge in [0.15, 0.2) is 5.60 Å². The lowest BCUT2D eigenvalue weighted by atomic mass is 9.84. The van der Waals surface area contributed by atoms with Crippen LogP contribution in [-0.4, -0.2) is 28.2 Å². The third kappa shape index (κ3) is 18.9. The lowest BCUT2D eigenvalue weighted by molar-refractivity contribution is -0.202. The Hall–Kier alpha value is -1.10. The molecule has 0 fully saturated rings. The summed E-state index contributed by atoms with van der Waals surface area (Å²) >= 11 is 0.